The quantitative estimate of drug-likeness (QED) is 0.788. The maximum Gasteiger partial charge on any atom is 0.246 e. The number of piperazine rings is 1. The number of hydrogen-bond donors (Lipinski definition) is 1. The molecule has 1 aliphatic heterocycles. The van der Waals surface area contributed by atoms with Crippen LogP contribution < -0.4 is 5.32 Å². The van der Waals surface area contributed by atoms with Gasteiger partial charge in [-0.2, -0.15) is 0 Å². The summed E-state index contributed by atoms with van der Waals surface area (Å²) < 4.78 is 0. The van der Waals surface area contributed by atoms with E-state index in [4.69, 9.17) is 0 Å². The highest BCUT2D eigenvalue weighted by Gasteiger charge is 2.49. The fourth-order valence-electron chi connectivity index (χ4n) is 2.65. The third-order valence-electron chi connectivity index (χ3n) is 3.62. The molecule has 2 aliphatic rings. The van der Waals surface area contributed by atoms with Crippen LogP contribution in [0.15, 0.2) is 0 Å². The Balaban J connectivity index is 2.28. The molecule has 4 nitrogen and oxygen atoms in total. The van der Waals surface area contributed by atoms with Crippen molar-refractivity contribution in [2.45, 2.75) is 64.6 Å². The summed E-state index contributed by atoms with van der Waals surface area (Å²) in [4.78, 5) is 26.3. The van der Waals surface area contributed by atoms with Gasteiger partial charge < -0.3 is 10.2 Å². The molecule has 0 radical (unpaired) electrons. The number of carbonyl (C=O) groups excluding carboxylic acids is 2. The van der Waals surface area contributed by atoms with Gasteiger partial charge in [0.25, 0.3) is 0 Å². The molecule has 0 bridgehead atoms. The summed E-state index contributed by atoms with van der Waals surface area (Å²) in [5, 5.41) is 2.90. The molecule has 2 rings (SSSR count). The van der Waals surface area contributed by atoms with Crippen LogP contribution in [0.25, 0.3) is 0 Å². The molecule has 2 fully saturated rings. The van der Waals surface area contributed by atoms with Crippen LogP contribution in [0.1, 0.15) is 47.0 Å². The van der Waals surface area contributed by atoms with Crippen LogP contribution in [0.3, 0.4) is 0 Å². The molecule has 0 aromatic rings. The molecule has 1 aliphatic carbocycles. The summed E-state index contributed by atoms with van der Waals surface area (Å²) in [6, 6.07) is -0.581. The van der Waals surface area contributed by atoms with Gasteiger partial charge in [-0.15, -0.1) is 0 Å². The van der Waals surface area contributed by atoms with E-state index < -0.39 is 0 Å². The largest absolute Gasteiger partial charge is 0.342 e. The van der Waals surface area contributed by atoms with E-state index in [9.17, 15) is 9.59 Å². The summed E-state index contributed by atoms with van der Waals surface area (Å²) in [5.41, 5.74) is -0.289. The van der Waals surface area contributed by atoms with Gasteiger partial charge in [-0.1, -0.05) is 6.92 Å². The van der Waals surface area contributed by atoms with Crippen LogP contribution >= 0.6 is 0 Å². The Kier molecular flexibility index (Phi) is 2.92. The van der Waals surface area contributed by atoms with Gasteiger partial charge in [0.1, 0.15) is 12.1 Å². The van der Waals surface area contributed by atoms with Gasteiger partial charge in [0.15, 0.2) is 0 Å². The molecule has 17 heavy (non-hydrogen) atoms. The Morgan fingerprint density at radius 2 is 1.88 bits per heavy atom. The van der Waals surface area contributed by atoms with Crippen molar-refractivity contribution in [2.75, 3.05) is 0 Å². The lowest BCUT2D eigenvalue weighted by molar-refractivity contribution is -0.156. The van der Waals surface area contributed by atoms with E-state index >= 15 is 0 Å². The predicted molar refractivity (Wildman–Crippen MR) is 65.3 cm³/mol. The van der Waals surface area contributed by atoms with Crippen molar-refractivity contribution in [2.24, 2.45) is 5.92 Å². The van der Waals surface area contributed by atoms with Gasteiger partial charge in [0.05, 0.1) is 0 Å². The van der Waals surface area contributed by atoms with Crippen LogP contribution in [0, 0.1) is 5.92 Å². The van der Waals surface area contributed by atoms with Crippen LogP contribution in [0.4, 0.5) is 0 Å². The van der Waals surface area contributed by atoms with Crippen molar-refractivity contribution in [3.63, 3.8) is 0 Å². The number of carbonyl (C=O) groups is 2. The smallest absolute Gasteiger partial charge is 0.246 e. The normalized spacial score (nSPS) is 30.5. The lowest BCUT2D eigenvalue weighted by atomic mass is 9.94. The summed E-state index contributed by atoms with van der Waals surface area (Å²) >= 11 is 0. The highest BCUT2D eigenvalue weighted by molar-refractivity contribution is 5.97. The van der Waals surface area contributed by atoms with E-state index in [1.165, 1.54) is 0 Å². The SMILES string of the molecule is CCC1C(=O)NC(C2CC2)C(=O)N1C(C)(C)C. The van der Waals surface area contributed by atoms with E-state index in [1.54, 1.807) is 4.90 Å². The topological polar surface area (TPSA) is 49.4 Å². The second-order valence-electron chi connectivity index (χ2n) is 6.13. The Bertz CT molecular complexity index is 342. The Morgan fingerprint density at radius 1 is 1.29 bits per heavy atom. The second kappa shape index (κ2) is 4.00. The zero-order chi connectivity index (χ0) is 12.8. The van der Waals surface area contributed by atoms with E-state index in [0.29, 0.717) is 12.3 Å². The van der Waals surface area contributed by atoms with Crippen LogP contribution in [0.2, 0.25) is 0 Å². The van der Waals surface area contributed by atoms with E-state index in [-0.39, 0.29) is 29.4 Å². The maximum absolute atomic E-state index is 12.5. The maximum atomic E-state index is 12.5. The predicted octanol–water partition coefficient (Wildman–Crippen LogP) is 1.30. The van der Waals surface area contributed by atoms with Gasteiger partial charge in [-0.05, 0) is 46.0 Å². The fraction of sp³-hybridized carbons (Fsp3) is 0.846. The molecule has 2 amide bonds. The minimum atomic E-state index is -0.308. The van der Waals surface area contributed by atoms with Gasteiger partial charge >= 0.3 is 0 Å². The summed E-state index contributed by atoms with van der Waals surface area (Å²) in [5.74, 6) is 0.486. The number of rotatable bonds is 2. The third-order valence-corrected chi connectivity index (χ3v) is 3.62. The fourth-order valence-corrected chi connectivity index (χ4v) is 2.65. The molecule has 1 N–H and O–H groups in total. The minimum absolute atomic E-state index is 0.0129. The van der Waals surface area contributed by atoms with E-state index in [1.807, 2.05) is 27.7 Å². The van der Waals surface area contributed by atoms with Gasteiger partial charge in [-0.3, -0.25) is 9.59 Å². The lowest BCUT2D eigenvalue weighted by Crippen LogP contribution is -2.68. The first kappa shape index (κ1) is 12.4. The minimum Gasteiger partial charge on any atom is -0.342 e. The summed E-state index contributed by atoms with van der Waals surface area (Å²) in [6.07, 6.45) is 2.79. The first-order chi connectivity index (χ1) is 7.86. The van der Waals surface area contributed by atoms with Crippen LogP contribution in [-0.2, 0) is 9.59 Å². The Hall–Kier alpha value is -1.06. The van der Waals surface area contributed by atoms with Crippen LogP contribution in [-0.4, -0.2) is 34.3 Å². The zero-order valence-corrected chi connectivity index (χ0v) is 11.1. The molecule has 1 saturated carbocycles. The first-order valence-corrected chi connectivity index (χ1v) is 6.49. The van der Waals surface area contributed by atoms with E-state index in [0.717, 1.165) is 12.8 Å². The highest BCUT2D eigenvalue weighted by Crippen LogP contribution is 2.36. The number of hydrogen-bond acceptors (Lipinski definition) is 2. The summed E-state index contributed by atoms with van der Waals surface area (Å²) in [7, 11) is 0. The van der Waals surface area contributed by atoms with Gasteiger partial charge in [0.2, 0.25) is 11.8 Å². The molecule has 0 aromatic heterocycles. The van der Waals surface area contributed by atoms with Crippen molar-refractivity contribution < 1.29 is 9.59 Å². The molecule has 0 spiro atoms. The van der Waals surface area contributed by atoms with Crippen molar-refractivity contribution in [1.82, 2.24) is 10.2 Å². The van der Waals surface area contributed by atoms with Gasteiger partial charge in [0, 0.05) is 5.54 Å². The first-order valence-electron chi connectivity index (χ1n) is 6.49. The number of amides is 2. The third kappa shape index (κ3) is 2.17. The molecule has 4 heteroatoms. The molecule has 1 heterocycles. The molecule has 2 atom stereocenters. The number of nitrogens with one attached hydrogen (secondary N) is 1. The average Bonchev–Trinajstić information content (AvgIpc) is 3.01. The van der Waals surface area contributed by atoms with E-state index in [2.05, 4.69) is 5.32 Å². The zero-order valence-electron chi connectivity index (χ0n) is 11.1. The summed E-state index contributed by atoms with van der Waals surface area (Å²) in [6.45, 7) is 7.94. The molecular formula is C13H22N2O2. The molecule has 96 valence electrons. The Labute approximate surface area is 103 Å². The van der Waals surface area contributed by atoms with Crippen LogP contribution in [0.5, 0.6) is 0 Å². The van der Waals surface area contributed by atoms with Crippen molar-refractivity contribution in [3.05, 3.63) is 0 Å². The molecule has 0 aromatic carbocycles. The van der Waals surface area contributed by atoms with Crippen molar-refractivity contribution >= 4 is 11.8 Å². The standard InChI is InChI=1S/C13H22N2O2/c1-5-9-11(16)14-10(8-6-7-8)12(17)15(9)13(2,3)4/h8-10H,5-7H2,1-4H3,(H,14,16). The molecule has 2 unspecified atom stereocenters. The number of nitrogens with zero attached hydrogens (tertiary/aromatic N) is 1. The lowest BCUT2D eigenvalue weighted by Gasteiger charge is -2.46. The second-order valence-corrected chi connectivity index (χ2v) is 6.13. The molecule has 1 saturated heterocycles. The average molecular weight is 238 g/mol. The Morgan fingerprint density at radius 3 is 2.29 bits per heavy atom. The monoisotopic (exact) mass is 238 g/mol. The highest BCUT2D eigenvalue weighted by atomic mass is 16.2. The molecular weight excluding hydrogens is 216 g/mol. The van der Waals surface area contributed by atoms with Gasteiger partial charge in [-0.25, -0.2) is 0 Å². The van der Waals surface area contributed by atoms with Crippen molar-refractivity contribution in [3.8, 4) is 0 Å². The van der Waals surface area contributed by atoms with Crippen molar-refractivity contribution in [1.29, 1.82) is 0 Å².